The van der Waals surface area contributed by atoms with Crippen LogP contribution in [0.25, 0.3) is 21.5 Å². The van der Waals surface area contributed by atoms with Crippen molar-refractivity contribution in [3.8, 4) is 0 Å². The molecule has 2 heterocycles. The first-order valence-corrected chi connectivity index (χ1v) is 22.6. The molecule has 0 radical (unpaired) electrons. The number of nitrogens with zero attached hydrogens (tertiary/aromatic N) is 2. The molecular formula is C60H55N2+. The lowest BCUT2D eigenvalue weighted by Gasteiger charge is -2.35. The molecule has 0 bridgehead atoms. The molecule has 0 atom stereocenters. The van der Waals surface area contributed by atoms with Crippen LogP contribution in [-0.2, 0) is 36.5 Å². The summed E-state index contributed by atoms with van der Waals surface area (Å²) in [4.78, 5) is 2.62. The van der Waals surface area contributed by atoms with Gasteiger partial charge in [-0.3, -0.25) is 0 Å². The van der Waals surface area contributed by atoms with E-state index in [0.29, 0.717) is 0 Å². The van der Waals surface area contributed by atoms with Crippen molar-refractivity contribution >= 4 is 38.6 Å². The highest BCUT2D eigenvalue weighted by Crippen LogP contribution is 2.55. The van der Waals surface area contributed by atoms with Gasteiger partial charge in [0, 0.05) is 47.5 Å². The lowest BCUT2D eigenvalue weighted by Crippen LogP contribution is -2.39. The second-order valence-corrected chi connectivity index (χ2v) is 17.4. The molecular weight excluding hydrogens is 749 g/mol. The average Bonchev–Trinajstić information content (AvgIpc) is 3.72. The number of benzene rings is 8. The van der Waals surface area contributed by atoms with Crippen molar-refractivity contribution in [2.24, 2.45) is 0 Å². The molecule has 0 unspecified atom stereocenters. The van der Waals surface area contributed by atoms with Gasteiger partial charge in [-0.05, 0) is 100 Å². The van der Waals surface area contributed by atoms with Crippen LogP contribution in [0.15, 0.2) is 218 Å². The van der Waals surface area contributed by atoms with E-state index in [1.54, 1.807) is 0 Å². The minimum atomic E-state index is -0.326. The Bertz CT molecular complexity index is 2860. The molecule has 2 aliphatic heterocycles. The summed E-state index contributed by atoms with van der Waals surface area (Å²) in [6.07, 6.45) is 12.0. The topological polar surface area (TPSA) is 6.25 Å². The number of allylic oxidation sites excluding steroid dienone is 4. The monoisotopic (exact) mass is 803 g/mol. The number of rotatable bonds is 13. The summed E-state index contributed by atoms with van der Waals surface area (Å²) in [5.41, 5.74) is 13.0. The minimum Gasteiger partial charge on any atom is -0.344 e. The molecule has 8 aromatic carbocycles. The fraction of sp³-hybridized carbons (Fsp3) is 0.183. The highest BCUT2D eigenvalue weighted by molar-refractivity contribution is 6.09. The summed E-state index contributed by atoms with van der Waals surface area (Å²) >= 11 is 0. The predicted molar refractivity (Wildman–Crippen MR) is 262 cm³/mol. The molecule has 0 N–H and O–H groups in total. The van der Waals surface area contributed by atoms with E-state index in [-0.39, 0.29) is 10.8 Å². The van der Waals surface area contributed by atoms with E-state index in [0.717, 1.165) is 45.2 Å². The van der Waals surface area contributed by atoms with Gasteiger partial charge in [0.1, 0.15) is 6.54 Å². The lowest BCUT2D eigenvalue weighted by molar-refractivity contribution is -0.437. The maximum absolute atomic E-state index is 2.67. The van der Waals surface area contributed by atoms with E-state index in [1.165, 1.54) is 77.7 Å². The van der Waals surface area contributed by atoms with Gasteiger partial charge in [0.2, 0.25) is 5.69 Å². The summed E-state index contributed by atoms with van der Waals surface area (Å²) in [6, 6.07) is 72.3. The largest absolute Gasteiger partial charge is 0.344 e. The fourth-order valence-electron chi connectivity index (χ4n) is 11.2. The van der Waals surface area contributed by atoms with Crippen LogP contribution in [0.4, 0.5) is 11.4 Å². The maximum Gasteiger partial charge on any atom is 0.210 e. The van der Waals surface area contributed by atoms with Gasteiger partial charge in [-0.25, -0.2) is 0 Å². The molecule has 2 nitrogen and oxygen atoms in total. The molecule has 2 aliphatic rings. The Kier molecular flexibility index (Phi) is 10.8. The Morgan fingerprint density at radius 2 is 0.919 bits per heavy atom. The quantitative estimate of drug-likeness (QED) is 0.105. The van der Waals surface area contributed by atoms with E-state index in [2.05, 4.69) is 236 Å². The smallest absolute Gasteiger partial charge is 0.210 e. The Morgan fingerprint density at radius 3 is 1.42 bits per heavy atom. The van der Waals surface area contributed by atoms with E-state index in [4.69, 9.17) is 0 Å². The molecule has 304 valence electrons. The molecule has 0 saturated carbocycles. The van der Waals surface area contributed by atoms with Crippen LogP contribution in [0.5, 0.6) is 0 Å². The first-order chi connectivity index (χ1) is 30.6. The standard InChI is InChI=1S/C60H55N2/c1-3-40-62-54-39-37-50-31-18-20-33-52(50)58(54)60(43-47-26-13-7-14-27-47,44-48-28-15-8-16-29-48)56(62)35-21-34-55-59(41-45-22-9-5-10-23-45,42-46-24-11-6-12-25-46)57-51-32-19-17-30-49(51)36-38-53(57)61(55)4-2/h5-39H,3-4,40-44H2,1-2H3/q+1. The third-order valence-electron chi connectivity index (χ3n) is 13.6. The van der Waals surface area contributed by atoms with E-state index < -0.39 is 0 Å². The third kappa shape index (κ3) is 6.98. The van der Waals surface area contributed by atoms with Crippen LogP contribution in [-0.4, -0.2) is 23.4 Å². The van der Waals surface area contributed by atoms with Crippen molar-refractivity contribution in [3.63, 3.8) is 0 Å². The Balaban J connectivity index is 1.23. The number of hydrogen-bond donors (Lipinski definition) is 0. The highest BCUT2D eigenvalue weighted by atomic mass is 15.2. The molecule has 0 aromatic heterocycles. The van der Waals surface area contributed by atoms with Gasteiger partial charge < -0.3 is 4.90 Å². The first kappa shape index (κ1) is 39.4. The van der Waals surface area contributed by atoms with E-state index in [1.807, 2.05) is 0 Å². The minimum absolute atomic E-state index is 0.326. The van der Waals surface area contributed by atoms with Gasteiger partial charge in [-0.1, -0.05) is 189 Å². The van der Waals surface area contributed by atoms with Gasteiger partial charge in [0.15, 0.2) is 5.71 Å². The molecule has 0 amide bonds. The van der Waals surface area contributed by atoms with Gasteiger partial charge in [-0.15, -0.1) is 0 Å². The molecule has 0 spiro atoms. The van der Waals surface area contributed by atoms with Crippen LogP contribution >= 0.6 is 0 Å². The summed E-state index contributed by atoms with van der Waals surface area (Å²) in [6.45, 7) is 6.45. The molecule has 0 fully saturated rings. The average molecular weight is 804 g/mol. The zero-order valence-electron chi connectivity index (χ0n) is 36.1. The van der Waals surface area contributed by atoms with Crippen molar-refractivity contribution in [2.75, 3.05) is 18.0 Å². The van der Waals surface area contributed by atoms with Gasteiger partial charge >= 0.3 is 0 Å². The van der Waals surface area contributed by atoms with Gasteiger partial charge in [0.05, 0.1) is 5.41 Å². The van der Waals surface area contributed by atoms with Crippen molar-refractivity contribution in [2.45, 2.75) is 56.8 Å². The normalized spacial score (nSPS) is 15.8. The third-order valence-corrected chi connectivity index (χ3v) is 13.6. The summed E-state index contributed by atoms with van der Waals surface area (Å²) < 4.78 is 2.67. The number of hydrogen-bond acceptors (Lipinski definition) is 1. The Hall–Kier alpha value is -6.77. The summed E-state index contributed by atoms with van der Waals surface area (Å²) in [7, 11) is 0. The summed E-state index contributed by atoms with van der Waals surface area (Å²) in [5.74, 6) is 0. The lowest BCUT2D eigenvalue weighted by atomic mass is 9.67. The van der Waals surface area contributed by atoms with Crippen molar-refractivity contribution in [1.29, 1.82) is 0 Å². The van der Waals surface area contributed by atoms with Crippen LogP contribution in [0.1, 0.15) is 53.6 Å². The SMILES string of the molecule is CCC[N+]1=C(C=CC=C2N(CC)c3ccc4ccccc4c3C2(Cc2ccccc2)Cc2ccccc2)C(Cc2ccccc2)(Cc2ccccc2)c2c1ccc1ccccc21. The molecule has 0 aliphatic carbocycles. The predicted octanol–water partition coefficient (Wildman–Crippen LogP) is 13.9. The second kappa shape index (κ2) is 16.9. The van der Waals surface area contributed by atoms with Crippen LogP contribution in [0, 0.1) is 0 Å². The fourth-order valence-corrected chi connectivity index (χ4v) is 11.2. The van der Waals surface area contributed by atoms with Crippen LogP contribution < -0.4 is 4.90 Å². The van der Waals surface area contributed by atoms with Crippen molar-refractivity contribution < 1.29 is 4.58 Å². The molecule has 62 heavy (non-hydrogen) atoms. The zero-order valence-corrected chi connectivity index (χ0v) is 36.1. The first-order valence-electron chi connectivity index (χ1n) is 22.6. The van der Waals surface area contributed by atoms with Crippen LogP contribution in [0.3, 0.4) is 0 Å². The highest BCUT2D eigenvalue weighted by Gasteiger charge is 2.52. The molecule has 2 heteroatoms. The number of anilines is 1. The number of fused-ring (bicyclic) bond motifs is 6. The second-order valence-electron chi connectivity index (χ2n) is 17.4. The van der Waals surface area contributed by atoms with Crippen molar-refractivity contribution in [1.82, 2.24) is 0 Å². The van der Waals surface area contributed by atoms with Gasteiger partial charge in [0.25, 0.3) is 0 Å². The molecule has 8 aromatic rings. The van der Waals surface area contributed by atoms with Crippen molar-refractivity contribution in [3.05, 3.63) is 251 Å². The van der Waals surface area contributed by atoms with E-state index in [9.17, 15) is 0 Å². The molecule has 10 rings (SSSR count). The summed E-state index contributed by atoms with van der Waals surface area (Å²) in [5, 5.41) is 5.27. The van der Waals surface area contributed by atoms with Gasteiger partial charge in [-0.2, -0.15) is 4.58 Å². The maximum atomic E-state index is 2.67. The van der Waals surface area contributed by atoms with E-state index >= 15 is 0 Å². The Labute approximate surface area is 367 Å². The molecule has 0 saturated heterocycles. The van der Waals surface area contributed by atoms with Crippen LogP contribution in [0.2, 0.25) is 0 Å². The Morgan fingerprint density at radius 1 is 0.468 bits per heavy atom. The number of likely N-dealkylation sites (N-methyl/N-ethyl adjacent to an activating group) is 1. The zero-order chi connectivity index (χ0) is 41.9.